The highest BCUT2D eigenvalue weighted by Gasteiger charge is 2.10. The van der Waals surface area contributed by atoms with E-state index in [0.717, 1.165) is 5.76 Å². The number of hydrogen-bond acceptors (Lipinski definition) is 4. The van der Waals surface area contributed by atoms with Crippen molar-refractivity contribution >= 4 is 5.91 Å². The van der Waals surface area contributed by atoms with Crippen LogP contribution < -0.4 is 5.73 Å². The molecule has 0 spiro atoms. The van der Waals surface area contributed by atoms with E-state index in [9.17, 15) is 4.79 Å². The molecule has 2 N–H and O–H groups in total. The number of carbonyl (C=O) groups excluding carboxylic acids is 1. The van der Waals surface area contributed by atoms with E-state index in [-0.39, 0.29) is 5.82 Å². The maximum atomic E-state index is 11.0. The molecule has 0 unspecified atom stereocenters. The molecule has 0 aliphatic carbocycles. The Hall–Kier alpha value is -2.17. The first-order chi connectivity index (χ1) is 7.56. The number of nitrogens with two attached hydrogens (primary N) is 1. The number of carbonyl (C=O) groups is 1. The summed E-state index contributed by atoms with van der Waals surface area (Å²) in [5.74, 6) is 0.745. The third kappa shape index (κ3) is 1.93. The molecule has 2 heterocycles. The fourth-order valence-corrected chi connectivity index (χ4v) is 1.38. The molecular formula is C11H11N3O2. The normalized spacial score (nSPS) is 10.4. The van der Waals surface area contributed by atoms with Gasteiger partial charge in [-0.3, -0.25) is 4.79 Å². The van der Waals surface area contributed by atoms with Crippen molar-refractivity contribution in [3.8, 4) is 11.5 Å². The Morgan fingerprint density at radius 1 is 1.31 bits per heavy atom. The zero-order valence-electron chi connectivity index (χ0n) is 9.02. The van der Waals surface area contributed by atoms with Gasteiger partial charge < -0.3 is 10.2 Å². The molecule has 1 amide bonds. The van der Waals surface area contributed by atoms with E-state index in [0.29, 0.717) is 17.1 Å². The standard InChI is InChI=1S/C11H11N3O2/c1-6-5-8(9-4-3-7(2)16-9)14-11(13-6)10(12)15/h3-5H,1-2H3,(H2,12,15). The summed E-state index contributed by atoms with van der Waals surface area (Å²) in [6.45, 7) is 3.61. The van der Waals surface area contributed by atoms with Gasteiger partial charge in [0.05, 0.1) is 0 Å². The van der Waals surface area contributed by atoms with E-state index in [1.807, 2.05) is 13.0 Å². The van der Waals surface area contributed by atoms with Gasteiger partial charge in [-0.05, 0) is 32.0 Å². The van der Waals surface area contributed by atoms with Crippen LogP contribution in [0.4, 0.5) is 0 Å². The number of amides is 1. The molecule has 2 aromatic heterocycles. The van der Waals surface area contributed by atoms with Crippen molar-refractivity contribution in [3.05, 3.63) is 35.5 Å². The number of rotatable bonds is 2. The summed E-state index contributed by atoms with van der Waals surface area (Å²) < 4.78 is 5.42. The lowest BCUT2D eigenvalue weighted by Crippen LogP contribution is -2.16. The third-order valence-corrected chi connectivity index (χ3v) is 2.07. The molecule has 5 heteroatoms. The molecule has 0 radical (unpaired) electrons. The van der Waals surface area contributed by atoms with Crippen LogP contribution >= 0.6 is 0 Å². The molecular weight excluding hydrogens is 206 g/mol. The summed E-state index contributed by atoms with van der Waals surface area (Å²) in [5.41, 5.74) is 6.38. The highest BCUT2D eigenvalue weighted by Crippen LogP contribution is 2.20. The molecule has 0 aliphatic rings. The van der Waals surface area contributed by atoms with Crippen LogP contribution in [0.2, 0.25) is 0 Å². The molecule has 0 aromatic carbocycles. The van der Waals surface area contributed by atoms with Crippen molar-refractivity contribution in [2.24, 2.45) is 5.73 Å². The molecule has 16 heavy (non-hydrogen) atoms. The van der Waals surface area contributed by atoms with Gasteiger partial charge in [-0.25, -0.2) is 9.97 Å². The van der Waals surface area contributed by atoms with Crippen molar-refractivity contribution in [2.75, 3.05) is 0 Å². The molecule has 0 saturated heterocycles. The average molecular weight is 217 g/mol. The topological polar surface area (TPSA) is 82.0 Å². The first-order valence-corrected chi connectivity index (χ1v) is 4.78. The summed E-state index contributed by atoms with van der Waals surface area (Å²) in [6.07, 6.45) is 0. The number of primary amides is 1. The fraction of sp³-hybridized carbons (Fsp3) is 0.182. The second-order valence-corrected chi connectivity index (χ2v) is 3.49. The lowest BCUT2D eigenvalue weighted by atomic mass is 10.2. The summed E-state index contributed by atoms with van der Waals surface area (Å²) in [7, 11) is 0. The third-order valence-electron chi connectivity index (χ3n) is 2.07. The van der Waals surface area contributed by atoms with E-state index in [2.05, 4.69) is 9.97 Å². The van der Waals surface area contributed by atoms with Crippen LogP contribution in [0.5, 0.6) is 0 Å². The molecule has 0 atom stereocenters. The van der Waals surface area contributed by atoms with Gasteiger partial charge in [0.15, 0.2) is 5.76 Å². The van der Waals surface area contributed by atoms with Crippen LogP contribution in [0.3, 0.4) is 0 Å². The predicted molar refractivity (Wildman–Crippen MR) is 57.7 cm³/mol. The highest BCUT2D eigenvalue weighted by molar-refractivity contribution is 5.89. The van der Waals surface area contributed by atoms with E-state index in [4.69, 9.17) is 10.2 Å². The smallest absolute Gasteiger partial charge is 0.286 e. The van der Waals surface area contributed by atoms with Gasteiger partial charge in [-0.15, -0.1) is 0 Å². The maximum absolute atomic E-state index is 11.0. The van der Waals surface area contributed by atoms with Crippen molar-refractivity contribution < 1.29 is 9.21 Å². The van der Waals surface area contributed by atoms with Crippen LogP contribution in [0.25, 0.3) is 11.5 Å². The Labute approximate surface area is 92.3 Å². The number of aryl methyl sites for hydroxylation is 2. The van der Waals surface area contributed by atoms with Crippen molar-refractivity contribution in [2.45, 2.75) is 13.8 Å². The zero-order valence-corrected chi connectivity index (χ0v) is 9.02. The average Bonchev–Trinajstić information content (AvgIpc) is 2.64. The van der Waals surface area contributed by atoms with Gasteiger partial charge in [-0.2, -0.15) is 0 Å². The minimum absolute atomic E-state index is 0.00375. The van der Waals surface area contributed by atoms with Crippen LogP contribution in [0, 0.1) is 13.8 Å². The lowest BCUT2D eigenvalue weighted by Gasteiger charge is -2.00. The Morgan fingerprint density at radius 2 is 2.06 bits per heavy atom. The highest BCUT2D eigenvalue weighted by atomic mass is 16.3. The van der Waals surface area contributed by atoms with Gasteiger partial charge in [0.25, 0.3) is 5.91 Å². The Bertz CT molecular complexity index is 546. The monoisotopic (exact) mass is 217 g/mol. The number of nitrogens with zero attached hydrogens (tertiary/aromatic N) is 2. The van der Waals surface area contributed by atoms with Crippen molar-refractivity contribution in [1.82, 2.24) is 9.97 Å². The molecule has 82 valence electrons. The second-order valence-electron chi connectivity index (χ2n) is 3.49. The van der Waals surface area contributed by atoms with Gasteiger partial charge in [0.1, 0.15) is 11.5 Å². The van der Waals surface area contributed by atoms with Crippen molar-refractivity contribution in [1.29, 1.82) is 0 Å². The van der Waals surface area contributed by atoms with Crippen LogP contribution in [-0.2, 0) is 0 Å². The Kier molecular flexibility index (Phi) is 2.44. The number of furan rings is 1. The van der Waals surface area contributed by atoms with E-state index < -0.39 is 5.91 Å². The molecule has 5 nitrogen and oxygen atoms in total. The van der Waals surface area contributed by atoms with Gasteiger partial charge in [0, 0.05) is 5.69 Å². The summed E-state index contributed by atoms with van der Waals surface area (Å²) in [4.78, 5) is 19.0. The van der Waals surface area contributed by atoms with Gasteiger partial charge >= 0.3 is 0 Å². The van der Waals surface area contributed by atoms with Crippen LogP contribution in [0.15, 0.2) is 22.6 Å². The summed E-state index contributed by atoms with van der Waals surface area (Å²) in [5, 5.41) is 0. The number of hydrogen-bond donors (Lipinski definition) is 1. The Morgan fingerprint density at radius 3 is 2.62 bits per heavy atom. The molecule has 0 fully saturated rings. The SMILES string of the molecule is Cc1cc(-c2ccc(C)o2)nc(C(N)=O)n1. The molecule has 0 bridgehead atoms. The molecule has 2 aromatic rings. The molecule has 0 saturated carbocycles. The second kappa shape index (κ2) is 3.77. The number of aromatic nitrogens is 2. The van der Waals surface area contributed by atoms with Crippen LogP contribution in [-0.4, -0.2) is 15.9 Å². The van der Waals surface area contributed by atoms with E-state index in [1.54, 1.807) is 19.1 Å². The fourth-order valence-electron chi connectivity index (χ4n) is 1.38. The summed E-state index contributed by atoms with van der Waals surface area (Å²) in [6, 6.07) is 5.36. The van der Waals surface area contributed by atoms with Gasteiger partial charge in [0.2, 0.25) is 5.82 Å². The first-order valence-electron chi connectivity index (χ1n) is 4.78. The van der Waals surface area contributed by atoms with Gasteiger partial charge in [-0.1, -0.05) is 0 Å². The zero-order chi connectivity index (χ0) is 11.7. The lowest BCUT2D eigenvalue weighted by molar-refractivity contribution is 0.0990. The predicted octanol–water partition coefficient (Wildman–Crippen LogP) is 1.45. The van der Waals surface area contributed by atoms with Crippen molar-refractivity contribution in [3.63, 3.8) is 0 Å². The first kappa shape index (κ1) is 10.4. The van der Waals surface area contributed by atoms with E-state index >= 15 is 0 Å². The maximum Gasteiger partial charge on any atom is 0.286 e. The van der Waals surface area contributed by atoms with Crippen LogP contribution in [0.1, 0.15) is 22.1 Å². The Balaban J connectivity index is 2.53. The minimum atomic E-state index is -0.645. The van der Waals surface area contributed by atoms with E-state index in [1.165, 1.54) is 0 Å². The minimum Gasteiger partial charge on any atom is -0.460 e. The molecule has 2 rings (SSSR count). The summed E-state index contributed by atoms with van der Waals surface area (Å²) >= 11 is 0. The molecule has 0 aliphatic heterocycles. The largest absolute Gasteiger partial charge is 0.460 e. The quantitative estimate of drug-likeness (QED) is 0.825.